The fraction of sp³-hybridized carbons (Fsp3) is 0.600. The Kier molecular flexibility index (Phi) is 5.89. The van der Waals surface area contributed by atoms with Crippen LogP contribution in [0.15, 0.2) is 18.2 Å². The van der Waals surface area contributed by atoms with Gasteiger partial charge in [-0.2, -0.15) is 13.2 Å². The molecule has 0 spiro atoms. The van der Waals surface area contributed by atoms with Gasteiger partial charge in [0.15, 0.2) is 11.5 Å². The van der Waals surface area contributed by atoms with Gasteiger partial charge in [-0.15, -0.1) is 0 Å². The molecular formula is C15H22F3NO2. The van der Waals surface area contributed by atoms with E-state index < -0.39 is 11.7 Å². The molecule has 0 bridgehead atoms. The Balaban J connectivity index is 3.04. The summed E-state index contributed by atoms with van der Waals surface area (Å²) < 4.78 is 50.2. The van der Waals surface area contributed by atoms with Gasteiger partial charge in [0.25, 0.3) is 0 Å². The zero-order valence-corrected chi connectivity index (χ0v) is 12.8. The van der Waals surface area contributed by atoms with Crippen LogP contribution < -0.4 is 14.8 Å². The molecule has 0 aliphatic rings. The van der Waals surface area contributed by atoms with E-state index in [-0.39, 0.29) is 6.42 Å². The van der Waals surface area contributed by atoms with Gasteiger partial charge in [-0.3, -0.25) is 0 Å². The van der Waals surface area contributed by atoms with Crippen LogP contribution in [0.1, 0.15) is 25.8 Å². The van der Waals surface area contributed by atoms with Crippen LogP contribution in [0, 0.1) is 0 Å². The Morgan fingerprint density at radius 1 is 1.10 bits per heavy atom. The van der Waals surface area contributed by atoms with Gasteiger partial charge in [0.2, 0.25) is 0 Å². The molecule has 3 nitrogen and oxygen atoms in total. The maximum Gasteiger partial charge on any atom is 0.406 e. The summed E-state index contributed by atoms with van der Waals surface area (Å²) in [5.74, 6) is 0.923. The van der Waals surface area contributed by atoms with Crippen LogP contribution in [0.2, 0.25) is 0 Å². The molecule has 1 aromatic carbocycles. The molecule has 1 rings (SSSR count). The van der Waals surface area contributed by atoms with Crippen molar-refractivity contribution in [2.75, 3.05) is 20.8 Å². The second-order valence-electron chi connectivity index (χ2n) is 5.12. The Hall–Kier alpha value is -1.43. The minimum atomic E-state index is -4.34. The third-order valence-electron chi connectivity index (χ3n) is 3.40. The minimum Gasteiger partial charge on any atom is -0.493 e. The first-order chi connectivity index (χ1) is 9.77. The predicted molar refractivity (Wildman–Crippen MR) is 76.0 cm³/mol. The van der Waals surface area contributed by atoms with Gasteiger partial charge >= 0.3 is 6.18 Å². The number of halogens is 3. The lowest BCUT2D eigenvalue weighted by molar-refractivity contribution is -0.191. The SMILES string of the molecule is CCCNC(C)(Cc1ccc(OC)c(OC)c1)C(F)(F)F. The fourth-order valence-electron chi connectivity index (χ4n) is 2.06. The normalized spacial score (nSPS) is 14.6. The number of ether oxygens (including phenoxy) is 2. The molecule has 1 unspecified atom stereocenters. The summed E-state index contributed by atoms with van der Waals surface area (Å²) in [6.45, 7) is 3.32. The molecule has 1 atom stereocenters. The van der Waals surface area contributed by atoms with Crippen LogP contribution in [0.4, 0.5) is 13.2 Å². The summed E-state index contributed by atoms with van der Waals surface area (Å²) in [4.78, 5) is 0. The Morgan fingerprint density at radius 2 is 1.71 bits per heavy atom. The van der Waals surface area contributed by atoms with E-state index in [1.807, 2.05) is 6.92 Å². The van der Waals surface area contributed by atoms with E-state index in [0.717, 1.165) is 0 Å². The van der Waals surface area contributed by atoms with Gasteiger partial charge in [-0.05, 0) is 44.0 Å². The van der Waals surface area contributed by atoms with Gasteiger partial charge in [0, 0.05) is 0 Å². The number of hydrogen-bond acceptors (Lipinski definition) is 3. The highest BCUT2D eigenvalue weighted by molar-refractivity contribution is 5.43. The lowest BCUT2D eigenvalue weighted by atomic mass is 9.91. The molecule has 6 heteroatoms. The molecule has 0 aliphatic heterocycles. The summed E-state index contributed by atoms with van der Waals surface area (Å²) in [6, 6.07) is 4.82. The third-order valence-corrected chi connectivity index (χ3v) is 3.40. The van der Waals surface area contributed by atoms with E-state index in [1.165, 1.54) is 21.1 Å². The maximum atomic E-state index is 13.3. The average Bonchev–Trinajstić information content (AvgIpc) is 2.43. The van der Waals surface area contributed by atoms with Crippen molar-refractivity contribution in [3.05, 3.63) is 23.8 Å². The standard InChI is InChI=1S/C15H22F3NO2/c1-5-8-19-14(2,15(16,17)18)10-11-6-7-12(20-3)13(9-11)21-4/h6-7,9,19H,5,8,10H2,1-4H3. The van der Waals surface area contributed by atoms with Crippen molar-refractivity contribution in [3.8, 4) is 11.5 Å². The highest BCUT2D eigenvalue weighted by atomic mass is 19.4. The number of rotatable bonds is 7. The number of benzene rings is 1. The lowest BCUT2D eigenvalue weighted by Crippen LogP contribution is -2.56. The number of nitrogens with one attached hydrogen (secondary N) is 1. The highest BCUT2D eigenvalue weighted by Gasteiger charge is 2.50. The summed E-state index contributed by atoms with van der Waals surface area (Å²) in [6.07, 6.45) is -3.87. The Labute approximate surface area is 123 Å². The van der Waals surface area contributed by atoms with Gasteiger partial charge in [0.1, 0.15) is 5.54 Å². The van der Waals surface area contributed by atoms with E-state index in [9.17, 15) is 13.2 Å². The van der Waals surface area contributed by atoms with Crippen LogP contribution in [0.5, 0.6) is 11.5 Å². The highest BCUT2D eigenvalue weighted by Crippen LogP contribution is 2.35. The molecule has 0 aromatic heterocycles. The second-order valence-corrected chi connectivity index (χ2v) is 5.12. The molecule has 1 N–H and O–H groups in total. The number of alkyl halides is 3. The maximum absolute atomic E-state index is 13.3. The smallest absolute Gasteiger partial charge is 0.406 e. The molecule has 0 fully saturated rings. The van der Waals surface area contributed by atoms with Crippen molar-refractivity contribution >= 4 is 0 Å². The molecule has 0 saturated heterocycles. The van der Waals surface area contributed by atoms with Crippen molar-refractivity contribution in [1.82, 2.24) is 5.32 Å². The van der Waals surface area contributed by atoms with Crippen LogP contribution in [0.3, 0.4) is 0 Å². The molecule has 0 aliphatic carbocycles. The third kappa shape index (κ3) is 4.27. The molecule has 120 valence electrons. The van der Waals surface area contributed by atoms with Crippen molar-refractivity contribution in [1.29, 1.82) is 0 Å². The monoisotopic (exact) mass is 305 g/mol. The van der Waals surface area contributed by atoms with Gasteiger partial charge in [-0.1, -0.05) is 13.0 Å². The minimum absolute atomic E-state index is 0.170. The molecule has 0 heterocycles. The van der Waals surface area contributed by atoms with Crippen LogP contribution in [-0.4, -0.2) is 32.5 Å². The van der Waals surface area contributed by atoms with Crippen LogP contribution >= 0.6 is 0 Å². The molecule has 0 amide bonds. The number of hydrogen-bond donors (Lipinski definition) is 1. The average molecular weight is 305 g/mol. The first-order valence-electron chi connectivity index (χ1n) is 6.80. The van der Waals surface area contributed by atoms with Crippen LogP contribution in [0.25, 0.3) is 0 Å². The zero-order valence-electron chi connectivity index (χ0n) is 12.8. The van der Waals surface area contributed by atoms with E-state index in [0.29, 0.717) is 30.0 Å². The van der Waals surface area contributed by atoms with Gasteiger partial charge in [-0.25, -0.2) is 0 Å². The van der Waals surface area contributed by atoms with E-state index in [1.54, 1.807) is 18.2 Å². The van der Waals surface area contributed by atoms with E-state index in [2.05, 4.69) is 5.32 Å². The van der Waals surface area contributed by atoms with Gasteiger partial charge < -0.3 is 14.8 Å². The molecule has 0 saturated carbocycles. The van der Waals surface area contributed by atoms with Crippen LogP contribution in [-0.2, 0) is 6.42 Å². The summed E-state index contributed by atoms with van der Waals surface area (Å²) in [5, 5.41) is 2.60. The molecule has 21 heavy (non-hydrogen) atoms. The predicted octanol–water partition coefficient (Wildman–Crippen LogP) is 3.57. The van der Waals surface area contributed by atoms with Crippen molar-refractivity contribution in [2.45, 2.75) is 38.4 Å². The summed E-state index contributed by atoms with van der Waals surface area (Å²) in [5.41, 5.74) is -1.43. The summed E-state index contributed by atoms with van der Waals surface area (Å²) >= 11 is 0. The molecule has 0 radical (unpaired) electrons. The topological polar surface area (TPSA) is 30.5 Å². The lowest BCUT2D eigenvalue weighted by Gasteiger charge is -2.33. The first kappa shape index (κ1) is 17.6. The Bertz CT molecular complexity index is 463. The number of methoxy groups -OCH3 is 2. The quantitative estimate of drug-likeness (QED) is 0.835. The van der Waals surface area contributed by atoms with Crippen molar-refractivity contribution in [3.63, 3.8) is 0 Å². The summed E-state index contributed by atoms with van der Waals surface area (Å²) in [7, 11) is 2.94. The van der Waals surface area contributed by atoms with Crippen molar-refractivity contribution in [2.24, 2.45) is 0 Å². The zero-order chi connectivity index (χ0) is 16.1. The van der Waals surface area contributed by atoms with Gasteiger partial charge in [0.05, 0.1) is 14.2 Å². The van der Waals surface area contributed by atoms with E-state index in [4.69, 9.17) is 9.47 Å². The van der Waals surface area contributed by atoms with Crippen molar-refractivity contribution < 1.29 is 22.6 Å². The largest absolute Gasteiger partial charge is 0.493 e. The molecular weight excluding hydrogens is 283 g/mol. The fourth-order valence-corrected chi connectivity index (χ4v) is 2.06. The van der Waals surface area contributed by atoms with E-state index >= 15 is 0 Å². The first-order valence-corrected chi connectivity index (χ1v) is 6.80. The Morgan fingerprint density at radius 3 is 2.19 bits per heavy atom. The second kappa shape index (κ2) is 7.02. The molecule has 1 aromatic rings.